The van der Waals surface area contributed by atoms with Gasteiger partial charge in [0.05, 0.1) is 0 Å². The van der Waals surface area contributed by atoms with Crippen LogP contribution in [0, 0.1) is 0 Å². The van der Waals surface area contributed by atoms with Gasteiger partial charge in [0.1, 0.15) is 13.2 Å². The van der Waals surface area contributed by atoms with Crippen molar-refractivity contribution in [1.29, 1.82) is 0 Å². The van der Waals surface area contributed by atoms with Crippen molar-refractivity contribution in [3.8, 4) is 0 Å². The molecule has 0 aromatic rings. The number of esters is 3. The van der Waals surface area contributed by atoms with Gasteiger partial charge in [-0.2, -0.15) is 0 Å². The van der Waals surface area contributed by atoms with Gasteiger partial charge in [0, 0.05) is 19.3 Å². The van der Waals surface area contributed by atoms with E-state index in [0.717, 1.165) is 77.0 Å². The second-order valence-corrected chi connectivity index (χ2v) is 14.2. The summed E-state index contributed by atoms with van der Waals surface area (Å²) in [5.74, 6) is -1.00. The predicted octanol–water partition coefficient (Wildman–Crippen LogP) is 13.7. The fourth-order valence-corrected chi connectivity index (χ4v) is 5.69. The van der Waals surface area contributed by atoms with Gasteiger partial charge in [0.25, 0.3) is 0 Å². The quantitative estimate of drug-likeness (QED) is 0.0271. The maximum Gasteiger partial charge on any atom is 0.306 e. The topological polar surface area (TPSA) is 78.9 Å². The summed E-state index contributed by atoms with van der Waals surface area (Å²) in [5.41, 5.74) is 0. The molecule has 0 N–H and O–H groups in total. The molecule has 1 atom stereocenters. The number of carbonyl (C=O) groups excluding carboxylic acids is 3. The number of rotatable bonds is 38. The lowest BCUT2D eigenvalue weighted by atomic mass is 10.1. The Morgan fingerprint density at radius 2 is 0.755 bits per heavy atom. The molecule has 53 heavy (non-hydrogen) atoms. The van der Waals surface area contributed by atoms with E-state index in [0.29, 0.717) is 25.7 Å². The van der Waals surface area contributed by atoms with Gasteiger partial charge in [-0.1, -0.05) is 146 Å². The Hall–Kier alpha value is -2.89. The highest BCUT2D eigenvalue weighted by molar-refractivity contribution is 5.71. The van der Waals surface area contributed by atoms with E-state index >= 15 is 0 Å². The molecule has 0 amide bonds. The van der Waals surface area contributed by atoms with Gasteiger partial charge in [-0.25, -0.2) is 0 Å². The molecule has 0 fully saturated rings. The SMILES string of the molecule is CC/C=C\C/C=C\C/C=C\CCCCC(=O)OC(COC(=O)CCC/C=C\CCCCCC)COC(=O)CCCCC/C=C\CCCCCCCCC. The van der Waals surface area contributed by atoms with E-state index in [2.05, 4.69) is 81.5 Å². The normalized spacial score (nSPS) is 12.6. The minimum Gasteiger partial charge on any atom is -0.462 e. The van der Waals surface area contributed by atoms with Crippen LogP contribution in [0.4, 0.5) is 0 Å². The van der Waals surface area contributed by atoms with E-state index in [4.69, 9.17) is 14.2 Å². The fourth-order valence-electron chi connectivity index (χ4n) is 5.69. The highest BCUT2D eigenvalue weighted by atomic mass is 16.6. The average molecular weight is 741 g/mol. The van der Waals surface area contributed by atoms with Crippen molar-refractivity contribution < 1.29 is 28.6 Å². The number of hydrogen-bond acceptors (Lipinski definition) is 6. The molecule has 0 rings (SSSR count). The summed E-state index contributed by atoms with van der Waals surface area (Å²) < 4.78 is 16.6. The van der Waals surface area contributed by atoms with Crippen LogP contribution in [0.25, 0.3) is 0 Å². The molecule has 0 aromatic carbocycles. The predicted molar refractivity (Wildman–Crippen MR) is 224 cm³/mol. The van der Waals surface area contributed by atoms with E-state index in [1.165, 1.54) is 70.6 Å². The molecule has 0 saturated heterocycles. The Morgan fingerprint density at radius 3 is 1.30 bits per heavy atom. The van der Waals surface area contributed by atoms with Crippen molar-refractivity contribution in [1.82, 2.24) is 0 Å². The van der Waals surface area contributed by atoms with Crippen molar-refractivity contribution in [2.45, 2.75) is 207 Å². The molecule has 0 radical (unpaired) electrons. The maximum absolute atomic E-state index is 12.7. The Labute approximate surface area is 326 Å². The Bertz CT molecular complexity index is 991. The molecule has 0 spiro atoms. The summed E-state index contributed by atoms with van der Waals surface area (Å²) in [4.78, 5) is 37.6. The van der Waals surface area contributed by atoms with Crippen molar-refractivity contribution in [3.63, 3.8) is 0 Å². The highest BCUT2D eigenvalue weighted by Gasteiger charge is 2.19. The standard InChI is InChI=1S/C47H80O6/c1-4-7-10-13-16-19-21-23-24-26-28-31-34-37-40-46(49)52-43-44(42-51-45(48)39-36-33-30-27-18-15-12-9-6-3)53-47(50)41-38-35-32-29-25-22-20-17-14-11-8-5-2/h8,11,17,20,24-27,29-30,44H,4-7,9-10,12-16,18-19,21-23,28,31-43H2,1-3H3/b11-8-,20-17-,26-24-,29-25-,30-27-. The minimum atomic E-state index is -0.807. The van der Waals surface area contributed by atoms with Gasteiger partial charge in [0.2, 0.25) is 0 Å². The summed E-state index contributed by atoms with van der Waals surface area (Å²) in [5, 5.41) is 0. The highest BCUT2D eigenvalue weighted by Crippen LogP contribution is 2.12. The van der Waals surface area contributed by atoms with Gasteiger partial charge in [0.15, 0.2) is 6.10 Å². The molecule has 0 bridgehead atoms. The number of allylic oxidation sites excluding steroid dienone is 10. The molecular formula is C47H80O6. The summed E-state index contributed by atoms with van der Waals surface area (Å²) in [6.07, 6.45) is 49.3. The molecular weight excluding hydrogens is 661 g/mol. The monoisotopic (exact) mass is 741 g/mol. The van der Waals surface area contributed by atoms with Gasteiger partial charge in [-0.3, -0.25) is 14.4 Å². The van der Waals surface area contributed by atoms with E-state index in [-0.39, 0.29) is 37.5 Å². The molecule has 0 aliphatic carbocycles. The summed E-state index contributed by atoms with van der Waals surface area (Å²) in [7, 11) is 0. The van der Waals surface area contributed by atoms with E-state index < -0.39 is 6.10 Å². The van der Waals surface area contributed by atoms with Crippen LogP contribution < -0.4 is 0 Å². The zero-order valence-electron chi connectivity index (χ0n) is 34.5. The van der Waals surface area contributed by atoms with Gasteiger partial charge in [-0.05, 0) is 96.3 Å². The van der Waals surface area contributed by atoms with Crippen LogP contribution in [0.1, 0.15) is 201 Å². The molecule has 0 aliphatic rings. The van der Waals surface area contributed by atoms with Crippen LogP contribution in [0.3, 0.4) is 0 Å². The summed E-state index contributed by atoms with van der Waals surface area (Å²) >= 11 is 0. The maximum atomic E-state index is 12.7. The lowest BCUT2D eigenvalue weighted by Gasteiger charge is -2.18. The molecule has 0 saturated carbocycles. The summed E-state index contributed by atoms with van der Waals surface area (Å²) in [6, 6.07) is 0. The van der Waals surface area contributed by atoms with Crippen molar-refractivity contribution in [2.24, 2.45) is 0 Å². The van der Waals surface area contributed by atoms with E-state index in [1.54, 1.807) is 0 Å². The largest absolute Gasteiger partial charge is 0.462 e. The second-order valence-electron chi connectivity index (χ2n) is 14.2. The molecule has 1 unspecified atom stereocenters. The van der Waals surface area contributed by atoms with Gasteiger partial charge < -0.3 is 14.2 Å². The molecule has 0 aromatic heterocycles. The number of ether oxygens (including phenoxy) is 3. The zero-order valence-corrected chi connectivity index (χ0v) is 34.5. The first-order valence-corrected chi connectivity index (χ1v) is 21.8. The van der Waals surface area contributed by atoms with Crippen LogP contribution >= 0.6 is 0 Å². The number of unbranched alkanes of at least 4 members (excludes halogenated alkanes) is 17. The molecule has 0 heterocycles. The van der Waals surface area contributed by atoms with Crippen LogP contribution in [-0.4, -0.2) is 37.2 Å². The average Bonchev–Trinajstić information content (AvgIpc) is 3.15. The molecule has 304 valence electrons. The van der Waals surface area contributed by atoms with Crippen molar-refractivity contribution in [2.75, 3.05) is 13.2 Å². The lowest BCUT2D eigenvalue weighted by molar-refractivity contribution is -0.167. The van der Waals surface area contributed by atoms with Crippen molar-refractivity contribution in [3.05, 3.63) is 60.8 Å². The fraction of sp³-hybridized carbons (Fsp3) is 0.723. The van der Waals surface area contributed by atoms with E-state index in [1.807, 2.05) is 0 Å². The Balaban J connectivity index is 4.47. The first-order chi connectivity index (χ1) is 26.0. The first-order valence-electron chi connectivity index (χ1n) is 21.8. The Morgan fingerprint density at radius 1 is 0.396 bits per heavy atom. The first kappa shape index (κ1) is 50.1. The van der Waals surface area contributed by atoms with Crippen LogP contribution in [0.5, 0.6) is 0 Å². The van der Waals surface area contributed by atoms with Gasteiger partial charge in [-0.15, -0.1) is 0 Å². The number of carbonyl (C=O) groups is 3. The molecule has 6 heteroatoms. The second kappa shape index (κ2) is 41.9. The minimum absolute atomic E-state index is 0.107. The molecule has 6 nitrogen and oxygen atoms in total. The zero-order chi connectivity index (χ0) is 38.7. The van der Waals surface area contributed by atoms with E-state index in [9.17, 15) is 14.4 Å². The smallest absolute Gasteiger partial charge is 0.306 e. The van der Waals surface area contributed by atoms with Crippen LogP contribution in [0.2, 0.25) is 0 Å². The Kier molecular flexibility index (Phi) is 39.6. The third-order valence-corrected chi connectivity index (χ3v) is 8.98. The van der Waals surface area contributed by atoms with Crippen LogP contribution in [0.15, 0.2) is 60.8 Å². The van der Waals surface area contributed by atoms with Crippen LogP contribution in [-0.2, 0) is 28.6 Å². The van der Waals surface area contributed by atoms with Crippen molar-refractivity contribution >= 4 is 17.9 Å². The third kappa shape index (κ3) is 40.1. The lowest BCUT2D eigenvalue weighted by Crippen LogP contribution is -2.30. The number of hydrogen-bond donors (Lipinski definition) is 0. The van der Waals surface area contributed by atoms with Gasteiger partial charge >= 0.3 is 17.9 Å². The summed E-state index contributed by atoms with van der Waals surface area (Å²) in [6.45, 7) is 6.38. The third-order valence-electron chi connectivity index (χ3n) is 8.98. The molecule has 0 aliphatic heterocycles.